The minimum absolute atomic E-state index is 0.00892. The lowest BCUT2D eigenvalue weighted by Gasteiger charge is -2.19. The first kappa shape index (κ1) is 12.0. The van der Waals surface area contributed by atoms with Crippen molar-refractivity contribution in [2.75, 3.05) is 6.61 Å². The van der Waals surface area contributed by atoms with E-state index in [1.807, 2.05) is 19.1 Å². The molecule has 2 nitrogen and oxygen atoms in total. The van der Waals surface area contributed by atoms with Gasteiger partial charge in [0.05, 0.1) is 16.6 Å². The predicted molar refractivity (Wildman–Crippen MR) is 65.3 cm³/mol. The molecule has 0 unspecified atom stereocenters. The van der Waals surface area contributed by atoms with Crippen LogP contribution in [0.4, 0.5) is 0 Å². The Morgan fingerprint density at radius 2 is 2.57 bits per heavy atom. The fourth-order valence-electron chi connectivity index (χ4n) is 1.33. The molecule has 0 bridgehead atoms. The van der Waals surface area contributed by atoms with Crippen LogP contribution in [0.1, 0.15) is 19.8 Å². The Bertz CT molecular complexity index is 232. The number of rotatable bonds is 4. The summed E-state index contributed by atoms with van der Waals surface area (Å²) >= 11 is 2.36. The molecular formula is C11H15IO2. The van der Waals surface area contributed by atoms with E-state index in [4.69, 9.17) is 15.9 Å². The highest BCUT2D eigenvalue weighted by Gasteiger charge is 2.28. The molecule has 1 rings (SSSR count). The summed E-state index contributed by atoms with van der Waals surface area (Å²) in [6, 6.07) is 0. The lowest BCUT2D eigenvalue weighted by atomic mass is 10.2. The van der Waals surface area contributed by atoms with E-state index in [1.54, 1.807) is 0 Å². The normalized spacial score (nSPS) is 29.2. The molecule has 1 fully saturated rings. The van der Waals surface area contributed by atoms with Gasteiger partial charge in [-0.25, -0.2) is 0 Å². The molecule has 14 heavy (non-hydrogen) atoms. The standard InChI is InChI=1S/C11H15IO2/c1-3-5-9(6-4-2)14-11-10(12)7-8-13-11/h1,4,6,9-11H,5,7-8H2,2H3/b6-4+/t9-,10+,11-/m1/s1. The molecule has 1 saturated heterocycles. The number of ether oxygens (including phenoxy) is 2. The molecule has 0 saturated carbocycles. The second-order valence-electron chi connectivity index (χ2n) is 3.15. The van der Waals surface area contributed by atoms with E-state index in [2.05, 4.69) is 28.5 Å². The summed E-state index contributed by atoms with van der Waals surface area (Å²) in [6.07, 6.45) is 10.8. The van der Waals surface area contributed by atoms with E-state index in [0.717, 1.165) is 13.0 Å². The smallest absolute Gasteiger partial charge is 0.170 e. The molecular weight excluding hydrogens is 291 g/mol. The third-order valence-electron chi connectivity index (χ3n) is 2.01. The predicted octanol–water partition coefficient (Wildman–Crippen LogP) is 2.52. The van der Waals surface area contributed by atoms with Gasteiger partial charge in [0.2, 0.25) is 0 Å². The molecule has 78 valence electrons. The Hall–Kier alpha value is -0.0500. The van der Waals surface area contributed by atoms with E-state index >= 15 is 0 Å². The molecule has 0 radical (unpaired) electrons. The quantitative estimate of drug-likeness (QED) is 0.344. The third-order valence-corrected chi connectivity index (χ3v) is 3.22. The van der Waals surface area contributed by atoms with Gasteiger partial charge >= 0.3 is 0 Å². The van der Waals surface area contributed by atoms with Gasteiger partial charge in [-0.05, 0) is 13.3 Å². The molecule has 3 heteroatoms. The molecule has 3 atom stereocenters. The van der Waals surface area contributed by atoms with Gasteiger partial charge in [-0.1, -0.05) is 34.7 Å². The zero-order valence-electron chi connectivity index (χ0n) is 8.28. The van der Waals surface area contributed by atoms with E-state index in [-0.39, 0.29) is 12.4 Å². The van der Waals surface area contributed by atoms with Crippen molar-refractivity contribution in [1.29, 1.82) is 0 Å². The van der Waals surface area contributed by atoms with Gasteiger partial charge < -0.3 is 9.47 Å². The average Bonchev–Trinajstić information content (AvgIpc) is 2.53. The van der Waals surface area contributed by atoms with Gasteiger partial charge in [0.15, 0.2) is 6.29 Å². The van der Waals surface area contributed by atoms with Gasteiger partial charge in [0.25, 0.3) is 0 Å². The second-order valence-corrected chi connectivity index (χ2v) is 4.75. The number of alkyl halides is 1. The number of hydrogen-bond acceptors (Lipinski definition) is 2. The van der Waals surface area contributed by atoms with Crippen molar-refractivity contribution >= 4 is 22.6 Å². The molecule has 1 aliphatic rings. The lowest BCUT2D eigenvalue weighted by Crippen LogP contribution is -2.25. The average molecular weight is 306 g/mol. The molecule has 0 aromatic carbocycles. The van der Waals surface area contributed by atoms with Crippen LogP contribution >= 0.6 is 22.6 Å². The Morgan fingerprint density at radius 1 is 1.79 bits per heavy atom. The third kappa shape index (κ3) is 3.60. The molecule has 0 amide bonds. The van der Waals surface area contributed by atoms with Crippen molar-refractivity contribution in [2.45, 2.75) is 36.1 Å². The molecule has 0 aromatic rings. The van der Waals surface area contributed by atoms with Crippen molar-refractivity contribution in [3.63, 3.8) is 0 Å². The van der Waals surface area contributed by atoms with Crippen LogP contribution in [0, 0.1) is 12.3 Å². The van der Waals surface area contributed by atoms with E-state index < -0.39 is 0 Å². The number of allylic oxidation sites excluding steroid dienone is 1. The lowest BCUT2D eigenvalue weighted by molar-refractivity contribution is -0.125. The Labute approximate surface area is 99.2 Å². The molecule has 0 aromatic heterocycles. The van der Waals surface area contributed by atoms with Crippen molar-refractivity contribution in [3.05, 3.63) is 12.2 Å². The van der Waals surface area contributed by atoms with Gasteiger partial charge in [-0.2, -0.15) is 0 Å². The van der Waals surface area contributed by atoms with Crippen LogP contribution in [0.2, 0.25) is 0 Å². The highest BCUT2D eigenvalue weighted by atomic mass is 127. The van der Waals surface area contributed by atoms with E-state index in [0.29, 0.717) is 10.3 Å². The van der Waals surface area contributed by atoms with Gasteiger partial charge in [-0.3, -0.25) is 0 Å². The maximum Gasteiger partial charge on any atom is 0.170 e. The van der Waals surface area contributed by atoms with Crippen molar-refractivity contribution < 1.29 is 9.47 Å². The van der Waals surface area contributed by atoms with Crippen molar-refractivity contribution in [3.8, 4) is 12.3 Å². The van der Waals surface area contributed by atoms with Crippen molar-refractivity contribution in [1.82, 2.24) is 0 Å². The van der Waals surface area contributed by atoms with Crippen LogP contribution in [0.15, 0.2) is 12.2 Å². The van der Waals surface area contributed by atoms with Crippen LogP contribution in [0.5, 0.6) is 0 Å². The summed E-state index contributed by atoms with van der Waals surface area (Å²) in [4.78, 5) is 0. The summed E-state index contributed by atoms with van der Waals surface area (Å²) in [7, 11) is 0. The summed E-state index contributed by atoms with van der Waals surface area (Å²) in [6.45, 7) is 2.75. The van der Waals surface area contributed by atoms with Crippen LogP contribution < -0.4 is 0 Å². The molecule has 0 aliphatic carbocycles. The number of halogens is 1. The van der Waals surface area contributed by atoms with Crippen LogP contribution in [0.3, 0.4) is 0 Å². The summed E-state index contributed by atoms with van der Waals surface area (Å²) in [5, 5.41) is 0. The highest BCUT2D eigenvalue weighted by Crippen LogP contribution is 2.24. The fraction of sp³-hybridized carbons (Fsp3) is 0.636. The number of hydrogen-bond donors (Lipinski definition) is 0. The van der Waals surface area contributed by atoms with Crippen LogP contribution in [-0.2, 0) is 9.47 Å². The SMILES string of the molecule is C#CC[C@H](/C=C/C)O[C@H]1OCC[C@@H]1I. The van der Waals surface area contributed by atoms with Gasteiger partial charge in [0, 0.05) is 6.42 Å². The Balaban J connectivity index is 2.42. The van der Waals surface area contributed by atoms with Crippen LogP contribution in [-0.4, -0.2) is 22.9 Å². The number of terminal acetylenes is 1. The molecule has 1 heterocycles. The van der Waals surface area contributed by atoms with Gasteiger partial charge in [0.1, 0.15) is 0 Å². The summed E-state index contributed by atoms with van der Waals surface area (Å²) in [5.41, 5.74) is 0. The van der Waals surface area contributed by atoms with Crippen molar-refractivity contribution in [2.24, 2.45) is 0 Å². The monoisotopic (exact) mass is 306 g/mol. The van der Waals surface area contributed by atoms with E-state index in [9.17, 15) is 0 Å². The topological polar surface area (TPSA) is 18.5 Å². The largest absolute Gasteiger partial charge is 0.351 e. The summed E-state index contributed by atoms with van der Waals surface area (Å²) in [5.74, 6) is 2.61. The maximum atomic E-state index is 5.75. The zero-order valence-corrected chi connectivity index (χ0v) is 10.4. The Kier molecular flexibility index (Phi) is 5.53. The molecule has 0 N–H and O–H groups in total. The summed E-state index contributed by atoms with van der Waals surface area (Å²) < 4.78 is 11.6. The zero-order chi connectivity index (χ0) is 10.4. The minimum atomic E-state index is -0.0925. The second kappa shape index (κ2) is 6.44. The maximum absolute atomic E-state index is 5.75. The fourth-order valence-corrected chi connectivity index (χ4v) is 1.96. The first-order valence-corrected chi connectivity index (χ1v) is 6.00. The minimum Gasteiger partial charge on any atom is -0.351 e. The highest BCUT2D eigenvalue weighted by molar-refractivity contribution is 14.1. The van der Waals surface area contributed by atoms with E-state index in [1.165, 1.54) is 0 Å². The first-order valence-electron chi connectivity index (χ1n) is 4.75. The van der Waals surface area contributed by atoms with Crippen LogP contribution in [0.25, 0.3) is 0 Å². The van der Waals surface area contributed by atoms with Gasteiger partial charge in [-0.15, -0.1) is 12.3 Å². The molecule has 1 aliphatic heterocycles. The Morgan fingerprint density at radius 3 is 3.07 bits per heavy atom. The first-order chi connectivity index (χ1) is 6.77. The molecule has 0 spiro atoms.